The first-order chi connectivity index (χ1) is 13.2. The molecule has 1 aliphatic heterocycles. The normalized spacial score (nSPS) is 35.4. The Morgan fingerprint density at radius 3 is 2.11 bits per heavy atom. The van der Waals surface area contributed by atoms with Gasteiger partial charge in [-0.1, -0.05) is 18.2 Å². The number of nitrogens with zero attached hydrogens (tertiary/aromatic N) is 2. The van der Waals surface area contributed by atoms with Gasteiger partial charge in [-0.3, -0.25) is 9.69 Å². The molecule has 146 valence electrons. The first kappa shape index (κ1) is 17.5. The number of rotatable bonds is 5. The lowest BCUT2D eigenvalue weighted by Crippen LogP contribution is -2.54. The molecule has 4 nitrogen and oxygen atoms in total. The van der Waals surface area contributed by atoms with Gasteiger partial charge in [-0.2, -0.15) is 0 Å². The number of hydrogen-bond donors (Lipinski definition) is 1. The second-order valence-electron chi connectivity index (χ2n) is 9.62. The highest BCUT2D eigenvalue weighted by atomic mass is 16.2. The average Bonchev–Trinajstić information content (AvgIpc) is 2.68. The van der Waals surface area contributed by atoms with Gasteiger partial charge in [-0.15, -0.1) is 0 Å². The van der Waals surface area contributed by atoms with Crippen LogP contribution in [0.1, 0.15) is 38.5 Å². The van der Waals surface area contributed by atoms with Gasteiger partial charge in [0.25, 0.3) is 0 Å². The summed E-state index contributed by atoms with van der Waals surface area (Å²) < 4.78 is 0. The van der Waals surface area contributed by atoms with E-state index in [1.165, 1.54) is 44.2 Å². The van der Waals surface area contributed by atoms with Crippen LogP contribution in [0.5, 0.6) is 0 Å². The average molecular weight is 368 g/mol. The maximum absolute atomic E-state index is 13.0. The van der Waals surface area contributed by atoms with Crippen LogP contribution in [0.3, 0.4) is 0 Å². The zero-order valence-corrected chi connectivity index (χ0v) is 16.4. The summed E-state index contributed by atoms with van der Waals surface area (Å²) in [5.41, 5.74) is 1.33. The highest BCUT2D eigenvalue weighted by Crippen LogP contribution is 2.60. The Labute approximate surface area is 163 Å². The standard InChI is InChI=1S/C23H33N3O/c27-22(23-15-18-12-19(16-23)14-20(13-18)17-23)24-6-7-25-8-10-26(11-9-25)21-4-2-1-3-5-21/h1-5,18-20H,6-17H2,(H,24,27). The lowest BCUT2D eigenvalue weighted by molar-refractivity contribution is -0.146. The summed E-state index contributed by atoms with van der Waals surface area (Å²) in [5, 5.41) is 3.34. The molecule has 1 saturated heterocycles. The zero-order valence-electron chi connectivity index (χ0n) is 16.4. The van der Waals surface area contributed by atoms with E-state index >= 15 is 0 Å². The Morgan fingerprint density at radius 1 is 0.926 bits per heavy atom. The van der Waals surface area contributed by atoms with Gasteiger partial charge < -0.3 is 10.2 Å². The molecule has 4 bridgehead atoms. The van der Waals surface area contributed by atoms with Crippen LogP contribution < -0.4 is 10.2 Å². The zero-order chi connectivity index (χ0) is 18.3. The first-order valence-corrected chi connectivity index (χ1v) is 11.0. The fraction of sp³-hybridized carbons (Fsp3) is 0.696. The van der Waals surface area contributed by atoms with Crippen LogP contribution in [-0.4, -0.2) is 50.1 Å². The summed E-state index contributed by atoms with van der Waals surface area (Å²) in [6, 6.07) is 10.7. The Balaban J connectivity index is 1.08. The largest absolute Gasteiger partial charge is 0.369 e. The SMILES string of the molecule is O=C(NCCN1CCN(c2ccccc2)CC1)C12CC3CC(CC(C3)C1)C2. The van der Waals surface area contributed by atoms with Crippen LogP contribution >= 0.6 is 0 Å². The molecule has 1 heterocycles. The van der Waals surface area contributed by atoms with Gasteiger partial charge >= 0.3 is 0 Å². The van der Waals surface area contributed by atoms with Crippen molar-refractivity contribution in [3.63, 3.8) is 0 Å². The Bertz CT molecular complexity index is 630. The van der Waals surface area contributed by atoms with Gasteiger partial charge in [0, 0.05) is 50.4 Å². The van der Waals surface area contributed by atoms with Crippen molar-refractivity contribution >= 4 is 11.6 Å². The quantitative estimate of drug-likeness (QED) is 0.868. The molecule has 4 heteroatoms. The van der Waals surface area contributed by atoms with E-state index in [9.17, 15) is 4.79 Å². The summed E-state index contributed by atoms with van der Waals surface area (Å²) in [7, 11) is 0. The van der Waals surface area contributed by atoms with E-state index in [-0.39, 0.29) is 5.41 Å². The molecule has 4 saturated carbocycles. The molecule has 0 radical (unpaired) electrons. The van der Waals surface area contributed by atoms with E-state index in [1.54, 1.807) is 0 Å². The topological polar surface area (TPSA) is 35.6 Å². The Morgan fingerprint density at radius 2 is 1.52 bits per heavy atom. The monoisotopic (exact) mass is 367 g/mol. The summed E-state index contributed by atoms with van der Waals surface area (Å²) in [4.78, 5) is 18.0. The number of carbonyl (C=O) groups excluding carboxylic acids is 1. The lowest BCUT2D eigenvalue weighted by atomic mass is 9.49. The van der Waals surface area contributed by atoms with Gasteiger partial charge in [-0.25, -0.2) is 0 Å². The number of hydrogen-bond acceptors (Lipinski definition) is 3. The van der Waals surface area contributed by atoms with Gasteiger partial charge in [0.2, 0.25) is 5.91 Å². The van der Waals surface area contributed by atoms with Crippen LogP contribution in [0.25, 0.3) is 0 Å². The molecule has 5 aliphatic rings. The van der Waals surface area contributed by atoms with E-state index in [2.05, 4.69) is 45.4 Å². The number of amides is 1. The molecule has 4 aliphatic carbocycles. The highest BCUT2D eigenvalue weighted by molar-refractivity contribution is 5.83. The number of nitrogens with one attached hydrogen (secondary N) is 1. The summed E-state index contributed by atoms with van der Waals surface area (Å²) >= 11 is 0. The van der Waals surface area contributed by atoms with E-state index in [0.29, 0.717) is 5.91 Å². The molecular weight excluding hydrogens is 334 g/mol. The second-order valence-corrected chi connectivity index (χ2v) is 9.62. The maximum Gasteiger partial charge on any atom is 0.226 e. The Hall–Kier alpha value is -1.55. The number of carbonyl (C=O) groups is 1. The lowest BCUT2D eigenvalue weighted by Gasteiger charge is -2.55. The van der Waals surface area contributed by atoms with E-state index in [1.807, 2.05) is 0 Å². The van der Waals surface area contributed by atoms with Crippen molar-refractivity contribution in [1.29, 1.82) is 0 Å². The van der Waals surface area contributed by atoms with Crippen molar-refractivity contribution in [1.82, 2.24) is 10.2 Å². The molecule has 0 spiro atoms. The van der Waals surface area contributed by atoms with E-state index in [0.717, 1.165) is 57.0 Å². The van der Waals surface area contributed by atoms with E-state index < -0.39 is 0 Å². The molecule has 1 N–H and O–H groups in total. The van der Waals surface area contributed by atoms with Crippen molar-refractivity contribution in [2.75, 3.05) is 44.2 Å². The van der Waals surface area contributed by atoms with Gasteiger partial charge in [-0.05, 0) is 68.4 Å². The molecule has 1 aromatic rings. The number of anilines is 1. The predicted octanol–water partition coefficient (Wildman–Crippen LogP) is 3.14. The van der Waals surface area contributed by atoms with Crippen molar-refractivity contribution < 1.29 is 4.79 Å². The fourth-order valence-electron chi connectivity index (χ4n) is 6.77. The molecule has 5 fully saturated rings. The van der Waals surface area contributed by atoms with Crippen LogP contribution in [0, 0.1) is 23.2 Å². The van der Waals surface area contributed by atoms with Gasteiger partial charge in [0.1, 0.15) is 0 Å². The predicted molar refractivity (Wildman–Crippen MR) is 109 cm³/mol. The third-order valence-corrected chi connectivity index (χ3v) is 7.73. The first-order valence-electron chi connectivity index (χ1n) is 11.0. The third-order valence-electron chi connectivity index (χ3n) is 7.73. The summed E-state index contributed by atoms with van der Waals surface area (Å²) in [6.07, 6.45) is 7.70. The van der Waals surface area contributed by atoms with Crippen molar-refractivity contribution in [3.8, 4) is 0 Å². The van der Waals surface area contributed by atoms with Gasteiger partial charge in [0.05, 0.1) is 0 Å². The molecule has 27 heavy (non-hydrogen) atoms. The fourth-order valence-corrected chi connectivity index (χ4v) is 6.77. The summed E-state index contributed by atoms with van der Waals surface area (Å²) in [5.74, 6) is 2.90. The van der Waals surface area contributed by atoms with Crippen LogP contribution in [0.2, 0.25) is 0 Å². The molecule has 0 atom stereocenters. The van der Waals surface area contributed by atoms with Crippen molar-refractivity contribution in [2.24, 2.45) is 23.2 Å². The minimum Gasteiger partial charge on any atom is -0.369 e. The van der Waals surface area contributed by atoms with Crippen molar-refractivity contribution in [3.05, 3.63) is 30.3 Å². The molecule has 0 aromatic heterocycles. The molecule has 1 amide bonds. The van der Waals surface area contributed by atoms with Crippen molar-refractivity contribution in [2.45, 2.75) is 38.5 Å². The molecule has 0 unspecified atom stereocenters. The minimum absolute atomic E-state index is 0.000751. The van der Waals surface area contributed by atoms with Gasteiger partial charge in [0.15, 0.2) is 0 Å². The van der Waals surface area contributed by atoms with E-state index in [4.69, 9.17) is 0 Å². The molecule has 6 rings (SSSR count). The highest BCUT2D eigenvalue weighted by Gasteiger charge is 2.54. The van der Waals surface area contributed by atoms with Crippen LogP contribution in [0.4, 0.5) is 5.69 Å². The molecule has 1 aromatic carbocycles. The smallest absolute Gasteiger partial charge is 0.226 e. The third kappa shape index (κ3) is 3.49. The second kappa shape index (κ2) is 7.12. The van der Waals surface area contributed by atoms with Crippen LogP contribution in [-0.2, 0) is 4.79 Å². The maximum atomic E-state index is 13.0. The number of piperazine rings is 1. The number of para-hydroxylation sites is 1. The van der Waals surface area contributed by atoms with Crippen LogP contribution in [0.15, 0.2) is 30.3 Å². The Kier molecular flexibility index (Phi) is 4.63. The summed E-state index contributed by atoms with van der Waals surface area (Å²) in [6.45, 7) is 6.12. The molecular formula is C23H33N3O. The minimum atomic E-state index is 0.000751. The number of benzene rings is 1.